The molecule has 12 heteroatoms. The van der Waals surface area contributed by atoms with Crippen molar-refractivity contribution in [2.24, 2.45) is 11.5 Å². The van der Waals surface area contributed by atoms with Gasteiger partial charge < -0.3 is 37.8 Å². The molecule has 0 aromatic heterocycles. The summed E-state index contributed by atoms with van der Waals surface area (Å²) in [6, 6.07) is 14.7. The van der Waals surface area contributed by atoms with Crippen LogP contribution in [-0.2, 0) is 36.8 Å². The Morgan fingerprint density at radius 3 is 1.82 bits per heavy atom. The van der Waals surface area contributed by atoms with Crippen LogP contribution in [0.1, 0.15) is 18.1 Å². The van der Waals surface area contributed by atoms with Crippen molar-refractivity contribution >= 4 is 29.5 Å². The van der Waals surface area contributed by atoms with Crippen LogP contribution in [0.5, 0.6) is 0 Å². The zero-order valence-corrected chi connectivity index (χ0v) is 21.1. The third-order valence-corrected chi connectivity index (χ3v) is 5.53. The first-order chi connectivity index (χ1) is 18.1. The van der Waals surface area contributed by atoms with Gasteiger partial charge in [-0.15, -0.1) is 0 Å². The molecule has 12 nitrogen and oxygen atoms in total. The zero-order chi connectivity index (χ0) is 28.1. The lowest BCUT2D eigenvalue weighted by Gasteiger charge is -2.23. The first-order valence-electron chi connectivity index (χ1n) is 12.0. The lowest BCUT2D eigenvalue weighted by Crippen LogP contribution is -2.57. The van der Waals surface area contributed by atoms with Gasteiger partial charge in [0.15, 0.2) is 0 Å². The summed E-state index contributed by atoms with van der Waals surface area (Å²) in [7, 11) is 0. The number of rotatable bonds is 14. The molecular formula is C26H34N6O6. The number of carbonyl (C=O) groups excluding carboxylic acids is 5. The van der Waals surface area contributed by atoms with Crippen LogP contribution in [0.25, 0.3) is 0 Å². The van der Waals surface area contributed by atoms with Crippen molar-refractivity contribution in [2.45, 2.75) is 44.0 Å². The molecule has 5 amide bonds. The highest BCUT2D eigenvalue weighted by Gasteiger charge is 2.28. The van der Waals surface area contributed by atoms with E-state index in [1.54, 1.807) is 30.3 Å². The molecule has 0 unspecified atom stereocenters. The largest absolute Gasteiger partial charge is 0.391 e. The number of hydrogen-bond donors (Lipinski definition) is 7. The zero-order valence-electron chi connectivity index (χ0n) is 21.1. The van der Waals surface area contributed by atoms with E-state index in [9.17, 15) is 29.1 Å². The van der Waals surface area contributed by atoms with Crippen LogP contribution < -0.4 is 32.7 Å². The Hall–Kier alpha value is -4.29. The molecule has 0 spiro atoms. The summed E-state index contributed by atoms with van der Waals surface area (Å²) in [6.45, 7) is 0.430. The molecule has 38 heavy (non-hydrogen) atoms. The minimum atomic E-state index is -1.35. The maximum absolute atomic E-state index is 12.8. The van der Waals surface area contributed by atoms with Crippen LogP contribution in [0, 0.1) is 0 Å². The Kier molecular flexibility index (Phi) is 11.9. The SMILES string of the molecule is C[C@@H](O)[C@H](NC(=O)[C@H](Cc1ccccc1)NC(=O)CNC(=O)CNC(=O)[C@@H](N)Cc1ccccc1)C(N)=O. The van der Waals surface area contributed by atoms with Crippen molar-refractivity contribution < 1.29 is 29.1 Å². The van der Waals surface area contributed by atoms with E-state index in [0.717, 1.165) is 11.1 Å². The molecule has 0 saturated carbocycles. The predicted octanol–water partition coefficient (Wildman–Crippen LogP) is -2.13. The molecule has 9 N–H and O–H groups in total. The van der Waals surface area contributed by atoms with Crippen LogP contribution in [0.2, 0.25) is 0 Å². The molecule has 0 aliphatic rings. The molecule has 0 bridgehead atoms. The van der Waals surface area contributed by atoms with Crippen LogP contribution in [0.15, 0.2) is 60.7 Å². The van der Waals surface area contributed by atoms with Gasteiger partial charge >= 0.3 is 0 Å². The number of nitrogens with one attached hydrogen (secondary N) is 4. The van der Waals surface area contributed by atoms with E-state index in [1.165, 1.54) is 6.92 Å². The molecular weight excluding hydrogens is 492 g/mol. The second-order valence-electron chi connectivity index (χ2n) is 8.73. The van der Waals surface area contributed by atoms with Gasteiger partial charge in [-0.05, 0) is 24.5 Å². The van der Waals surface area contributed by atoms with Gasteiger partial charge in [0.2, 0.25) is 29.5 Å². The average Bonchev–Trinajstić information content (AvgIpc) is 2.89. The molecule has 2 aromatic rings. The number of aliphatic hydroxyl groups is 1. The molecule has 0 fully saturated rings. The number of hydrogen-bond acceptors (Lipinski definition) is 7. The summed E-state index contributed by atoms with van der Waals surface area (Å²) in [5, 5.41) is 19.4. The third-order valence-electron chi connectivity index (χ3n) is 5.53. The van der Waals surface area contributed by atoms with Crippen LogP contribution in [0.4, 0.5) is 0 Å². The van der Waals surface area contributed by atoms with Crippen molar-refractivity contribution in [3.05, 3.63) is 71.8 Å². The topological polar surface area (TPSA) is 206 Å². The van der Waals surface area contributed by atoms with Gasteiger partial charge in [0.25, 0.3) is 0 Å². The van der Waals surface area contributed by atoms with Crippen LogP contribution >= 0.6 is 0 Å². The monoisotopic (exact) mass is 526 g/mol. The number of benzene rings is 2. The van der Waals surface area contributed by atoms with Crippen molar-refractivity contribution in [3.63, 3.8) is 0 Å². The first kappa shape index (κ1) is 29.9. The Labute approximate surface area is 220 Å². The third kappa shape index (κ3) is 10.4. The fraction of sp³-hybridized carbons (Fsp3) is 0.346. The fourth-order valence-electron chi connectivity index (χ4n) is 3.49. The van der Waals surface area contributed by atoms with E-state index >= 15 is 0 Å². The maximum Gasteiger partial charge on any atom is 0.243 e. The lowest BCUT2D eigenvalue weighted by molar-refractivity contribution is -0.133. The second-order valence-corrected chi connectivity index (χ2v) is 8.73. The predicted molar refractivity (Wildman–Crippen MR) is 139 cm³/mol. The van der Waals surface area contributed by atoms with E-state index in [-0.39, 0.29) is 6.42 Å². The summed E-state index contributed by atoms with van der Waals surface area (Å²) in [4.78, 5) is 61.2. The van der Waals surface area contributed by atoms with Crippen molar-refractivity contribution in [1.82, 2.24) is 21.3 Å². The molecule has 4 atom stereocenters. The number of amides is 5. The quantitative estimate of drug-likeness (QED) is 0.145. The van der Waals surface area contributed by atoms with Crippen molar-refractivity contribution in [2.75, 3.05) is 13.1 Å². The van der Waals surface area contributed by atoms with E-state index in [4.69, 9.17) is 11.5 Å². The van der Waals surface area contributed by atoms with E-state index < -0.39 is 66.9 Å². The number of carbonyl (C=O) groups is 5. The maximum atomic E-state index is 12.8. The van der Waals surface area contributed by atoms with Gasteiger partial charge in [-0.2, -0.15) is 0 Å². The van der Waals surface area contributed by atoms with Gasteiger partial charge in [0.1, 0.15) is 12.1 Å². The smallest absolute Gasteiger partial charge is 0.243 e. The van der Waals surface area contributed by atoms with Gasteiger partial charge in [0, 0.05) is 6.42 Å². The van der Waals surface area contributed by atoms with Crippen LogP contribution in [0.3, 0.4) is 0 Å². The van der Waals surface area contributed by atoms with E-state index in [1.807, 2.05) is 30.3 Å². The Bertz CT molecular complexity index is 1100. The van der Waals surface area contributed by atoms with E-state index in [2.05, 4.69) is 21.3 Å². The fourth-order valence-corrected chi connectivity index (χ4v) is 3.49. The van der Waals surface area contributed by atoms with Gasteiger partial charge in [-0.3, -0.25) is 24.0 Å². The average molecular weight is 527 g/mol. The van der Waals surface area contributed by atoms with Gasteiger partial charge in [-0.1, -0.05) is 60.7 Å². The molecule has 0 saturated heterocycles. The number of primary amides is 1. The van der Waals surface area contributed by atoms with Crippen molar-refractivity contribution in [1.29, 1.82) is 0 Å². The minimum absolute atomic E-state index is 0.0764. The summed E-state index contributed by atoms with van der Waals surface area (Å²) in [5.74, 6) is -3.51. The molecule has 0 aliphatic carbocycles. The van der Waals surface area contributed by atoms with Gasteiger partial charge in [-0.25, -0.2) is 0 Å². The lowest BCUT2D eigenvalue weighted by atomic mass is 10.0. The summed E-state index contributed by atoms with van der Waals surface area (Å²) in [5.41, 5.74) is 12.7. The molecule has 2 rings (SSSR count). The number of aliphatic hydroxyl groups excluding tert-OH is 1. The highest BCUT2D eigenvalue weighted by Crippen LogP contribution is 2.05. The highest BCUT2D eigenvalue weighted by atomic mass is 16.3. The summed E-state index contributed by atoms with van der Waals surface area (Å²) < 4.78 is 0. The number of nitrogens with two attached hydrogens (primary N) is 2. The first-order valence-corrected chi connectivity index (χ1v) is 12.0. The molecule has 0 aliphatic heterocycles. The second kappa shape index (κ2) is 15.1. The normalized spacial score (nSPS) is 13.8. The Morgan fingerprint density at radius 2 is 1.29 bits per heavy atom. The Morgan fingerprint density at radius 1 is 0.763 bits per heavy atom. The molecule has 0 radical (unpaired) electrons. The Balaban J connectivity index is 1.88. The standard InChI is InChI=1S/C26H34N6O6/c1-16(33)23(24(28)36)32-26(38)20(13-18-10-6-3-7-11-18)31-22(35)15-29-21(34)14-30-25(37)19(27)12-17-8-4-2-5-9-17/h2-11,16,19-20,23,33H,12-15,27H2,1H3,(H2,28,36)(H,29,34)(H,30,37)(H,31,35)(H,32,38)/t16-,19+,20+,23+/m1/s1. The molecule has 204 valence electrons. The summed E-state index contributed by atoms with van der Waals surface area (Å²) in [6.07, 6.45) is -0.875. The molecule has 0 heterocycles. The summed E-state index contributed by atoms with van der Waals surface area (Å²) >= 11 is 0. The molecule has 2 aromatic carbocycles. The van der Waals surface area contributed by atoms with E-state index in [0.29, 0.717) is 6.42 Å². The minimum Gasteiger partial charge on any atom is -0.391 e. The van der Waals surface area contributed by atoms with Crippen LogP contribution in [-0.4, -0.2) is 72.0 Å². The van der Waals surface area contributed by atoms with Gasteiger partial charge in [0.05, 0.1) is 25.2 Å². The highest BCUT2D eigenvalue weighted by molar-refractivity contribution is 5.93. The van der Waals surface area contributed by atoms with Crippen molar-refractivity contribution in [3.8, 4) is 0 Å².